The molecular weight excluding hydrogens is 125 g/mol. The van der Waals surface area contributed by atoms with Crippen LogP contribution in [-0.2, 0) is 24.3 Å². The van der Waals surface area contributed by atoms with Crippen molar-refractivity contribution in [2.24, 2.45) is 0 Å². The Morgan fingerprint density at radius 3 is 1.60 bits per heavy atom. The molecule has 0 fully saturated rings. The van der Waals surface area contributed by atoms with Gasteiger partial charge in [-0.2, -0.15) is 0 Å². The van der Waals surface area contributed by atoms with Gasteiger partial charge in [0.1, 0.15) is 0 Å². The van der Waals surface area contributed by atoms with Crippen molar-refractivity contribution >= 4 is 6.47 Å². The molecule has 3 N–H and O–H groups in total. The molecule has 28 valence electrons. The van der Waals surface area contributed by atoms with Crippen LogP contribution in [0, 0.1) is 0 Å². The molecule has 0 aliphatic carbocycles. The summed E-state index contributed by atoms with van der Waals surface area (Å²) in [6.45, 7) is 0.500. The molecule has 0 spiro atoms. The molecule has 0 rings (SSSR count). The first-order chi connectivity index (χ1) is 1.41. The summed E-state index contributed by atoms with van der Waals surface area (Å²) in [7, 11) is 0. The first-order valence-electron chi connectivity index (χ1n) is 0.428. The molecule has 0 aromatic heterocycles. The number of hydrogen-bond acceptors (Lipinski definition) is 1. The minimum Gasteiger partial charge on any atom is -0.665 e. The Morgan fingerprint density at radius 2 is 1.60 bits per heavy atom. The second-order valence-corrected chi connectivity index (χ2v) is 0.0913. The summed E-state index contributed by atoms with van der Waals surface area (Å²) in [6, 6.07) is 0. The Balaban J connectivity index is -0.0000000200. The molecule has 5 heavy (non-hydrogen) atoms. The zero-order valence-corrected chi connectivity index (χ0v) is 5.53. The minimum absolute atomic E-state index is 0. The van der Waals surface area contributed by atoms with E-state index < -0.39 is 0 Å². The maximum atomic E-state index is 8.24. The average Bonchev–Trinajstić information content (AvgIpc) is 0.918. The predicted octanol–water partition coefficient (Wildman–Crippen LogP) is -1.22. The third-order valence-corrected chi connectivity index (χ3v) is 0. The Morgan fingerprint density at radius 1 is 1.60 bits per heavy atom. The first kappa shape index (κ1) is 19.7. The van der Waals surface area contributed by atoms with Gasteiger partial charge in [0.15, 0.2) is 0 Å². The Bertz CT molecular complexity index is 14.4. The van der Waals surface area contributed by atoms with Gasteiger partial charge in [0.25, 0.3) is 0 Å². The smallest absolute Gasteiger partial charge is 0 e. The standard InChI is InChI=1S/CHO2.H2O.Zn/c2-1-3;;/h(H,2,3);1H2;/q-1;;. The molecule has 0 aromatic rings. The van der Waals surface area contributed by atoms with Crippen molar-refractivity contribution < 1.29 is 34.9 Å². The van der Waals surface area contributed by atoms with Crippen LogP contribution in [0.4, 0.5) is 0 Å². The fourth-order valence-corrected chi connectivity index (χ4v) is 0. The number of rotatable bonds is 0. The molecule has 0 aliphatic rings. The van der Waals surface area contributed by atoms with Gasteiger partial charge in [0.05, 0.1) is 0 Å². The molecule has 0 saturated heterocycles. The van der Waals surface area contributed by atoms with E-state index in [0.29, 0.717) is 6.47 Å². The topological polar surface area (TPSA) is 68.8 Å². The summed E-state index contributed by atoms with van der Waals surface area (Å²) in [6.07, 6.45) is 0. The van der Waals surface area contributed by atoms with Gasteiger partial charge < -0.3 is 15.4 Å². The number of hydrogen-bond donors (Lipinski definition) is 1. The van der Waals surface area contributed by atoms with Gasteiger partial charge in [-0.05, 0) is 0 Å². The van der Waals surface area contributed by atoms with Crippen molar-refractivity contribution in [3.8, 4) is 0 Å². The van der Waals surface area contributed by atoms with Crippen molar-refractivity contribution in [3.63, 3.8) is 0 Å². The van der Waals surface area contributed by atoms with E-state index in [-0.39, 0.29) is 25.0 Å². The summed E-state index contributed by atoms with van der Waals surface area (Å²) in [5, 5.41) is 6.76. The molecule has 0 unspecified atom stereocenters. The van der Waals surface area contributed by atoms with E-state index in [1.807, 2.05) is 0 Å². The van der Waals surface area contributed by atoms with Crippen molar-refractivity contribution in [2.75, 3.05) is 0 Å². The second-order valence-electron chi connectivity index (χ2n) is 0.0913. The van der Waals surface area contributed by atoms with Crippen LogP contribution in [0.3, 0.4) is 0 Å². The Labute approximate surface area is 42.1 Å². The molecule has 0 bridgehead atoms. The normalized spacial score (nSPS) is 2.40. The van der Waals surface area contributed by atoms with Crippen LogP contribution in [0.15, 0.2) is 0 Å². The largest absolute Gasteiger partial charge is 0.665 e. The van der Waals surface area contributed by atoms with E-state index in [9.17, 15) is 0 Å². The molecule has 0 saturated carbocycles. The van der Waals surface area contributed by atoms with E-state index >= 15 is 0 Å². The molecule has 0 heterocycles. The molecule has 0 atom stereocenters. The van der Waals surface area contributed by atoms with E-state index in [1.54, 1.807) is 0 Å². The van der Waals surface area contributed by atoms with E-state index in [4.69, 9.17) is 9.90 Å². The van der Waals surface area contributed by atoms with Crippen LogP contribution in [0.5, 0.6) is 0 Å². The second kappa shape index (κ2) is 34.1. The molecule has 3 nitrogen and oxygen atoms in total. The molecule has 0 aliphatic heterocycles. The van der Waals surface area contributed by atoms with Crippen LogP contribution in [0.25, 0.3) is 0 Å². The Hall–Kier alpha value is 0.0534. The third-order valence-electron chi connectivity index (χ3n) is 0. The van der Waals surface area contributed by atoms with Crippen molar-refractivity contribution in [1.29, 1.82) is 0 Å². The van der Waals surface area contributed by atoms with Crippen LogP contribution >= 0.6 is 0 Å². The summed E-state index contributed by atoms with van der Waals surface area (Å²) >= 11 is 0. The maximum Gasteiger partial charge on any atom is 0 e. The molecule has 0 aromatic carbocycles. The van der Waals surface area contributed by atoms with Crippen LogP contribution < -0.4 is 0 Å². The van der Waals surface area contributed by atoms with Gasteiger partial charge in [-0.1, -0.05) is 6.47 Å². The van der Waals surface area contributed by atoms with E-state index in [1.165, 1.54) is 0 Å². The predicted molar refractivity (Wildman–Crippen MR) is 11.9 cm³/mol. The van der Waals surface area contributed by atoms with Crippen LogP contribution in [0.1, 0.15) is 0 Å². The van der Waals surface area contributed by atoms with Gasteiger partial charge in [-0.15, -0.1) is 0 Å². The maximum absolute atomic E-state index is 8.24. The van der Waals surface area contributed by atoms with E-state index in [2.05, 4.69) is 0 Å². The molecule has 0 radical (unpaired) electrons. The van der Waals surface area contributed by atoms with Crippen LogP contribution in [0.2, 0.25) is 0 Å². The SMILES string of the molecule is O.O=[C-]O.[Zn]. The van der Waals surface area contributed by atoms with E-state index in [0.717, 1.165) is 0 Å². The third kappa shape index (κ3) is 6000. The monoisotopic (exact) mass is 127 g/mol. The molecule has 0 amide bonds. The van der Waals surface area contributed by atoms with Gasteiger partial charge in [0.2, 0.25) is 0 Å². The van der Waals surface area contributed by atoms with Gasteiger partial charge >= 0.3 is 0 Å². The summed E-state index contributed by atoms with van der Waals surface area (Å²) in [5.41, 5.74) is 0. The summed E-state index contributed by atoms with van der Waals surface area (Å²) < 4.78 is 0. The quantitative estimate of drug-likeness (QED) is 0.328. The van der Waals surface area contributed by atoms with Gasteiger partial charge in [0, 0.05) is 19.5 Å². The molecular formula is CH3O3Zn-. The van der Waals surface area contributed by atoms with Crippen molar-refractivity contribution in [3.05, 3.63) is 0 Å². The van der Waals surface area contributed by atoms with Crippen molar-refractivity contribution in [2.45, 2.75) is 0 Å². The zero-order valence-electron chi connectivity index (χ0n) is 2.56. The zero-order chi connectivity index (χ0) is 2.71. The summed E-state index contributed by atoms with van der Waals surface area (Å²) in [4.78, 5) is 8.24. The van der Waals surface area contributed by atoms with Gasteiger partial charge in [-0.3, -0.25) is 0 Å². The summed E-state index contributed by atoms with van der Waals surface area (Å²) in [5.74, 6) is 0. The van der Waals surface area contributed by atoms with Crippen LogP contribution in [-0.4, -0.2) is 17.1 Å². The fourth-order valence-electron chi connectivity index (χ4n) is 0. The first-order valence-corrected chi connectivity index (χ1v) is 0.428. The fraction of sp³-hybridized carbons (Fsp3) is 0. The average molecular weight is 128 g/mol. The van der Waals surface area contributed by atoms with Crippen molar-refractivity contribution in [1.82, 2.24) is 0 Å². The van der Waals surface area contributed by atoms with Gasteiger partial charge in [-0.25, -0.2) is 0 Å². The molecule has 4 heteroatoms. The Kier molecular flexibility index (Phi) is 134. The number of aliphatic hydroxyl groups excluding tert-OH is 1. The minimum atomic E-state index is 0.